The highest BCUT2D eigenvalue weighted by Crippen LogP contribution is 2.85. The third-order valence-electron chi connectivity index (χ3n) is 15.5. The van der Waals surface area contributed by atoms with Crippen molar-refractivity contribution in [3.05, 3.63) is 0 Å². The van der Waals surface area contributed by atoms with E-state index in [2.05, 4.69) is 44.8 Å². The fourth-order valence-electron chi connectivity index (χ4n) is 13.2. The van der Waals surface area contributed by atoms with Crippen molar-refractivity contribution in [1.82, 2.24) is 10.2 Å². The first-order valence-corrected chi connectivity index (χ1v) is 19.9. The first kappa shape index (κ1) is 37.0. The monoisotopic (exact) mass is 702 g/mol. The van der Waals surface area contributed by atoms with Crippen molar-refractivity contribution in [1.29, 1.82) is 0 Å². The molecule has 0 aromatic carbocycles. The summed E-state index contributed by atoms with van der Waals surface area (Å²) in [5, 5.41) is 26.5. The number of morpholine rings is 1. The Labute approximate surface area is 300 Å². The number of ether oxygens (including phenoxy) is 4. The van der Waals surface area contributed by atoms with Gasteiger partial charge in [0.15, 0.2) is 12.4 Å². The van der Waals surface area contributed by atoms with E-state index in [1.807, 2.05) is 0 Å². The van der Waals surface area contributed by atoms with Crippen LogP contribution < -0.4 is 5.32 Å². The van der Waals surface area contributed by atoms with Crippen LogP contribution >= 0.6 is 0 Å². The first-order chi connectivity index (χ1) is 23.4. The fraction of sp³-hybridized carbons (Fsp3) is 0.950. The van der Waals surface area contributed by atoms with Crippen LogP contribution in [-0.2, 0) is 28.5 Å². The van der Waals surface area contributed by atoms with Gasteiger partial charge in [-0.25, -0.2) is 0 Å². The number of carbonyl (C=O) groups is 2. The Bertz CT molecular complexity index is 1300. The summed E-state index contributed by atoms with van der Waals surface area (Å²) >= 11 is 0. The van der Waals surface area contributed by atoms with Gasteiger partial charge in [-0.1, -0.05) is 41.0 Å². The van der Waals surface area contributed by atoms with Crippen LogP contribution in [-0.4, -0.2) is 102 Å². The van der Waals surface area contributed by atoms with Gasteiger partial charge in [-0.3, -0.25) is 14.5 Å². The van der Waals surface area contributed by atoms with E-state index in [9.17, 15) is 19.8 Å². The van der Waals surface area contributed by atoms with Gasteiger partial charge in [-0.05, 0) is 117 Å². The predicted molar refractivity (Wildman–Crippen MR) is 188 cm³/mol. The van der Waals surface area contributed by atoms with Gasteiger partial charge < -0.3 is 34.5 Å². The minimum Gasteiger partial charge on any atom is -0.457 e. The molecule has 7 rings (SSSR count). The summed E-state index contributed by atoms with van der Waals surface area (Å²) in [6, 6.07) is -0.0729. The second-order valence-corrected chi connectivity index (χ2v) is 19.4. The van der Waals surface area contributed by atoms with Gasteiger partial charge in [-0.15, -0.1) is 0 Å². The van der Waals surface area contributed by atoms with Crippen LogP contribution in [0.15, 0.2) is 0 Å². The Balaban J connectivity index is 1.09. The van der Waals surface area contributed by atoms with Gasteiger partial charge in [0, 0.05) is 20.0 Å². The number of aliphatic hydroxyl groups is 2. The first-order valence-electron chi connectivity index (χ1n) is 19.9. The average Bonchev–Trinajstić information content (AvgIpc) is 3.50. The zero-order valence-electron chi connectivity index (χ0n) is 32.0. The molecule has 10 nitrogen and oxygen atoms in total. The molecular formula is C40H66N2O8. The molecule has 284 valence electrons. The van der Waals surface area contributed by atoms with E-state index in [0.29, 0.717) is 31.4 Å². The van der Waals surface area contributed by atoms with Crippen molar-refractivity contribution in [2.75, 3.05) is 26.2 Å². The van der Waals surface area contributed by atoms with Crippen LogP contribution in [0.25, 0.3) is 0 Å². The molecule has 3 aliphatic heterocycles. The smallest absolute Gasteiger partial charge is 0.303 e. The topological polar surface area (TPSA) is 127 Å². The summed E-state index contributed by atoms with van der Waals surface area (Å²) in [7, 11) is 0. The Morgan fingerprint density at radius 1 is 1.04 bits per heavy atom. The quantitative estimate of drug-likeness (QED) is 0.334. The summed E-state index contributed by atoms with van der Waals surface area (Å²) in [6.07, 6.45) is 7.87. The van der Waals surface area contributed by atoms with Crippen LogP contribution in [0.1, 0.15) is 120 Å². The van der Waals surface area contributed by atoms with Crippen LogP contribution in [0.4, 0.5) is 0 Å². The summed E-state index contributed by atoms with van der Waals surface area (Å²) in [5.41, 5.74) is -1.22. The SMILES string of the molecule is CC(=O)OC(C1CC(C)C2CCCC34CC35CCC(OC3CN(C6CCNC6=O)CCO3)C(C)(C)C5CCC4C(C)(C)C(O)C2O1)C(C)(C)O. The fourth-order valence-corrected chi connectivity index (χ4v) is 13.2. The lowest BCUT2D eigenvalue weighted by Crippen LogP contribution is -2.60. The van der Waals surface area contributed by atoms with E-state index in [-0.39, 0.29) is 63.9 Å². The Hall–Kier alpha value is -1.30. The predicted octanol–water partition coefficient (Wildman–Crippen LogP) is 4.82. The minimum absolute atomic E-state index is 0.0219. The number of esters is 1. The number of fused-ring (bicyclic) bond motifs is 1. The Morgan fingerprint density at radius 3 is 2.40 bits per heavy atom. The maximum absolute atomic E-state index is 12.5. The molecule has 7 aliphatic rings. The molecule has 4 aliphatic carbocycles. The molecule has 10 heteroatoms. The van der Waals surface area contributed by atoms with Crippen molar-refractivity contribution in [2.24, 2.45) is 45.3 Å². The highest BCUT2D eigenvalue weighted by Gasteiger charge is 2.79. The van der Waals surface area contributed by atoms with E-state index in [1.165, 1.54) is 19.8 Å². The zero-order chi connectivity index (χ0) is 36.0. The molecule has 13 atom stereocenters. The maximum Gasteiger partial charge on any atom is 0.303 e. The Morgan fingerprint density at radius 2 is 1.74 bits per heavy atom. The van der Waals surface area contributed by atoms with E-state index < -0.39 is 29.9 Å². The number of nitrogens with zero attached hydrogens (tertiary/aromatic N) is 1. The lowest BCUT2D eigenvalue weighted by atomic mass is 9.48. The van der Waals surface area contributed by atoms with Crippen molar-refractivity contribution >= 4 is 11.9 Å². The second kappa shape index (κ2) is 12.9. The van der Waals surface area contributed by atoms with Crippen molar-refractivity contribution < 1.29 is 38.7 Å². The van der Waals surface area contributed by atoms with Crippen LogP contribution in [0.2, 0.25) is 0 Å². The largest absolute Gasteiger partial charge is 0.457 e. The van der Waals surface area contributed by atoms with Gasteiger partial charge in [0.05, 0.1) is 49.2 Å². The number of carbonyl (C=O) groups excluding carboxylic acids is 2. The average molecular weight is 703 g/mol. The van der Waals surface area contributed by atoms with E-state index in [1.54, 1.807) is 13.8 Å². The third-order valence-corrected chi connectivity index (χ3v) is 15.5. The molecule has 0 aromatic rings. The molecule has 50 heavy (non-hydrogen) atoms. The number of aliphatic hydroxyl groups excluding tert-OH is 1. The van der Waals surface area contributed by atoms with Crippen LogP contribution in [0, 0.1) is 45.3 Å². The highest BCUT2D eigenvalue weighted by atomic mass is 16.7. The van der Waals surface area contributed by atoms with Gasteiger partial charge >= 0.3 is 5.97 Å². The molecule has 13 unspecified atom stereocenters. The molecule has 2 spiro atoms. The molecule has 0 aromatic heterocycles. The molecule has 3 heterocycles. The molecule has 0 radical (unpaired) electrons. The molecule has 7 fully saturated rings. The zero-order valence-corrected chi connectivity index (χ0v) is 32.0. The normalized spacial score (nSPS) is 46.4. The lowest BCUT2D eigenvalue weighted by Gasteiger charge is -2.58. The molecule has 3 saturated heterocycles. The van der Waals surface area contributed by atoms with Gasteiger partial charge in [0.2, 0.25) is 5.91 Å². The summed E-state index contributed by atoms with van der Waals surface area (Å²) in [5.74, 6) is 1.07. The van der Waals surface area contributed by atoms with E-state index in [4.69, 9.17) is 18.9 Å². The lowest BCUT2D eigenvalue weighted by molar-refractivity contribution is -0.249. The maximum atomic E-state index is 12.5. The number of amides is 1. The summed E-state index contributed by atoms with van der Waals surface area (Å²) in [6.45, 7) is 19.1. The van der Waals surface area contributed by atoms with Crippen molar-refractivity contribution in [3.8, 4) is 0 Å². The number of hydrogen-bond donors (Lipinski definition) is 3. The van der Waals surface area contributed by atoms with Crippen LogP contribution in [0.5, 0.6) is 0 Å². The highest BCUT2D eigenvalue weighted by molar-refractivity contribution is 5.83. The Kier molecular flexibility index (Phi) is 9.58. The molecule has 0 bridgehead atoms. The van der Waals surface area contributed by atoms with E-state index in [0.717, 1.165) is 58.0 Å². The molecule has 4 saturated carbocycles. The summed E-state index contributed by atoms with van der Waals surface area (Å²) < 4.78 is 25.6. The van der Waals surface area contributed by atoms with Crippen molar-refractivity contribution in [3.63, 3.8) is 0 Å². The number of rotatable bonds is 6. The van der Waals surface area contributed by atoms with Crippen molar-refractivity contribution in [2.45, 2.75) is 168 Å². The minimum atomic E-state index is -1.27. The second-order valence-electron chi connectivity index (χ2n) is 19.4. The number of nitrogens with one attached hydrogen (secondary N) is 1. The van der Waals surface area contributed by atoms with Gasteiger partial charge in [0.25, 0.3) is 0 Å². The van der Waals surface area contributed by atoms with Gasteiger partial charge in [0.1, 0.15) is 0 Å². The van der Waals surface area contributed by atoms with Gasteiger partial charge in [-0.2, -0.15) is 0 Å². The third kappa shape index (κ3) is 5.98. The summed E-state index contributed by atoms with van der Waals surface area (Å²) in [4.78, 5) is 26.8. The van der Waals surface area contributed by atoms with Crippen LogP contribution in [0.3, 0.4) is 0 Å². The standard InChI is InChI=1S/C40H66N2O8/c1-23-20-27(34(38(7,8)46)48-24(2)43)49-32-25(23)10-9-15-39-22-40(39)16-13-30(36(3,4)28(40)11-12-29(39)37(5,6)33(32)44)50-31-21-42(18-19-47-31)26-14-17-41-35(26)45/h23,25-34,44,46H,9-22H2,1-8H3,(H,41,45). The molecule has 1 amide bonds. The number of hydrogen-bond acceptors (Lipinski definition) is 9. The molecular weight excluding hydrogens is 636 g/mol. The van der Waals surface area contributed by atoms with E-state index >= 15 is 0 Å². The molecule has 3 N–H and O–H groups in total.